The van der Waals surface area contributed by atoms with Crippen LogP contribution in [-0.4, -0.2) is 35.1 Å². The number of nitrogens with one attached hydrogen (secondary N) is 1. The van der Waals surface area contributed by atoms with E-state index in [1.165, 1.54) is 20.3 Å². The molecule has 9 heteroatoms. The summed E-state index contributed by atoms with van der Waals surface area (Å²) in [6.07, 6.45) is 0.914. The first-order valence-corrected chi connectivity index (χ1v) is 5.73. The van der Waals surface area contributed by atoms with E-state index >= 15 is 0 Å². The molecule has 0 spiro atoms. The van der Waals surface area contributed by atoms with Crippen LogP contribution in [0.4, 0.5) is 16.2 Å². The van der Waals surface area contributed by atoms with Crippen molar-refractivity contribution < 1.29 is 18.7 Å². The fourth-order valence-electron chi connectivity index (χ4n) is 1.47. The number of carbonyl (C=O) groups excluding carboxylic acids is 1. The molecule has 0 atom stereocenters. The summed E-state index contributed by atoms with van der Waals surface area (Å²) in [6.45, 7) is 0. The van der Waals surface area contributed by atoms with E-state index in [2.05, 4.69) is 20.3 Å². The Kier molecular flexibility index (Phi) is 4.12. The summed E-state index contributed by atoms with van der Waals surface area (Å²) in [4.78, 5) is 23.4. The van der Waals surface area contributed by atoms with E-state index in [9.17, 15) is 9.18 Å². The summed E-state index contributed by atoms with van der Waals surface area (Å²) in [7, 11) is 2.81. The zero-order valence-corrected chi connectivity index (χ0v) is 11.3. The number of hydrogen-bond donors (Lipinski definition) is 2. The molecule has 0 aliphatic carbocycles. The molecule has 2 heterocycles. The van der Waals surface area contributed by atoms with Gasteiger partial charge in [-0.3, -0.25) is 10.1 Å². The molecule has 0 fully saturated rings. The maximum absolute atomic E-state index is 13.1. The molecule has 21 heavy (non-hydrogen) atoms. The van der Waals surface area contributed by atoms with Gasteiger partial charge in [0.15, 0.2) is 0 Å². The van der Waals surface area contributed by atoms with Crippen molar-refractivity contribution in [3.05, 3.63) is 29.7 Å². The van der Waals surface area contributed by atoms with E-state index in [4.69, 9.17) is 15.2 Å². The number of amides is 1. The predicted molar refractivity (Wildman–Crippen MR) is 71.7 cm³/mol. The van der Waals surface area contributed by atoms with Crippen LogP contribution in [0.2, 0.25) is 0 Å². The number of pyridine rings is 1. The minimum atomic E-state index is -0.699. The lowest BCUT2D eigenvalue weighted by molar-refractivity contribution is 0.102. The van der Waals surface area contributed by atoms with Gasteiger partial charge in [0.1, 0.15) is 11.6 Å². The highest BCUT2D eigenvalue weighted by Crippen LogP contribution is 2.18. The third-order valence-electron chi connectivity index (χ3n) is 2.45. The van der Waals surface area contributed by atoms with Crippen LogP contribution in [0.5, 0.6) is 11.8 Å². The summed E-state index contributed by atoms with van der Waals surface area (Å²) in [5, 5.41) is 2.37. The van der Waals surface area contributed by atoms with E-state index in [1.54, 1.807) is 0 Å². The highest BCUT2D eigenvalue weighted by Gasteiger charge is 2.15. The van der Waals surface area contributed by atoms with E-state index in [0.717, 1.165) is 12.3 Å². The zero-order valence-electron chi connectivity index (χ0n) is 11.3. The number of nitrogen functional groups attached to an aromatic ring is 1. The van der Waals surface area contributed by atoms with Crippen molar-refractivity contribution in [2.75, 3.05) is 25.3 Å². The Labute approximate surface area is 119 Å². The monoisotopic (exact) mass is 293 g/mol. The van der Waals surface area contributed by atoms with Gasteiger partial charge in [0.05, 0.1) is 32.0 Å². The molecule has 0 aliphatic rings. The Balaban J connectivity index is 2.28. The van der Waals surface area contributed by atoms with Crippen molar-refractivity contribution in [2.24, 2.45) is 0 Å². The number of nitrogens with zero attached hydrogens (tertiary/aromatic N) is 3. The number of halogens is 1. The molecule has 0 saturated heterocycles. The number of ether oxygens (including phenoxy) is 2. The highest BCUT2D eigenvalue weighted by atomic mass is 19.1. The first-order valence-electron chi connectivity index (χ1n) is 5.73. The van der Waals surface area contributed by atoms with Gasteiger partial charge in [0.2, 0.25) is 17.7 Å². The molecule has 0 bridgehead atoms. The molecular weight excluding hydrogens is 281 g/mol. The summed E-state index contributed by atoms with van der Waals surface area (Å²) in [6, 6.07) is 2.41. The van der Waals surface area contributed by atoms with Crippen LogP contribution >= 0.6 is 0 Å². The Hall–Kier alpha value is -2.97. The molecule has 0 unspecified atom stereocenters. The second kappa shape index (κ2) is 5.99. The fourth-order valence-corrected chi connectivity index (χ4v) is 1.47. The van der Waals surface area contributed by atoms with Crippen LogP contribution in [0.15, 0.2) is 18.3 Å². The van der Waals surface area contributed by atoms with Crippen LogP contribution in [0.1, 0.15) is 10.4 Å². The van der Waals surface area contributed by atoms with Gasteiger partial charge >= 0.3 is 0 Å². The maximum Gasteiger partial charge on any atom is 0.261 e. The van der Waals surface area contributed by atoms with Crippen molar-refractivity contribution in [3.8, 4) is 11.8 Å². The number of rotatable bonds is 4. The van der Waals surface area contributed by atoms with Gasteiger partial charge < -0.3 is 15.2 Å². The molecule has 2 rings (SSSR count). The maximum atomic E-state index is 13.1. The highest BCUT2D eigenvalue weighted by molar-refractivity contribution is 6.06. The summed E-state index contributed by atoms with van der Waals surface area (Å²) >= 11 is 0. The van der Waals surface area contributed by atoms with Gasteiger partial charge in [0.25, 0.3) is 5.91 Å². The average Bonchev–Trinajstić information content (AvgIpc) is 2.49. The summed E-state index contributed by atoms with van der Waals surface area (Å²) < 4.78 is 23.0. The summed E-state index contributed by atoms with van der Waals surface area (Å²) in [5.41, 5.74) is 5.40. The standard InChI is InChI=1S/C12H12FN5O3/c1-20-8-4-9(21-2)17-12(16-8)18-11(19)7-3-6(13)5-15-10(7)14/h3-5H,1-2H3,(H2,14,15)(H,16,17,18,19). The van der Waals surface area contributed by atoms with Crippen LogP contribution < -0.4 is 20.5 Å². The fraction of sp³-hybridized carbons (Fsp3) is 0.167. The molecule has 2 aromatic rings. The molecule has 3 N–H and O–H groups in total. The number of anilines is 2. The van der Waals surface area contributed by atoms with Crippen LogP contribution in [0.25, 0.3) is 0 Å². The van der Waals surface area contributed by atoms with Gasteiger partial charge in [-0.25, -0.2) is 9.37 Å². The Morgan fingerprint density at radius 1 is 1.24 bits per heavy atom. The second-order valence-corrected chi connectivity index (χ2v) is 3.82. The van der Waals surface area contributed by atoms with Crippen molar-refractivity contribution >= 4 is 17.7 Å². The van der Waals surface area contributed by atoms with Crippen molar-refractivity contribution in [2.45, 2.75) is 0 Å². The van der Waals surface area contributed by atoms with Crippen molar-refractivity contribution in [1.29, 1.82) is 0 Å². The molecule has 0 aliphatic heterocycles. The first kappa shape index (κ1) is 14.4. The van der Waals surface area contributed by atoms with Gasteiger partial charge in [-0.1, -0.05) is 0 Å². The molecule has 2 aromatic heterocycles. The van der Waals surface area contributed by atoms with Crippen LogP contribution in [-0.2, 0) is 0 Å². The molecule has 0 radical (unpaired) electrons. The van der Waals surface area contributed by atoms with Gasteiger partial charge in [0, 0.05) is 0 Å². The molecular formula is C12H12FN5O3. The minimum absolute atomic E-state index is 0.0696. The molecule has 1 amide bonds. The van der Waals surface area contributed by atoms with E-state index in [-0.39, 0.29) is 29.1 Å². The Bertz CT molecular complexity index is 658. The van der Waals surface area contributed by atoms with E-state index in [0.29, 0.717) is 0 Å². The summed E-state index contributed by atoms with van der Waals surface area (Å²) in [5.74, 6) is -1.16. The van der Waals surface area contributed by atoms with Crippen molar-refractivity contribution in [1.82, 2.24) is 15.0 Å². The topological polar surface area (TPSA) is 112 Å². The second-order valence-electron chi connectivity index (χ2n) is 3.82. The number of methoxy groups -OCH3 is 2. The third kappa shape index (κ3) is 3.32. The van der Waals surface area contributed by atoms with Gasteiger partial charge in [-0.05, 0) is 6.07 Å². The molecule has 110 valence electrons. The largest absolute Gasteiger partial charge is 0.481 e. The molecule has 0 saturated carbocycles. The first-order chi connectivity index (χ1) is 10.0. The normalized spacial score (nSPS) is 10.0. The van der Waals surface area contributed by atoms with Crippen LogP contribution in [0.3, 0.4) is 0 Å². The van der Waals surface area contributed by atoms with E-state index < -0.39 is 11.7 Å². The number of nitrogens with two attached hydrogens (primary N) is 1. The SMILES string of the molecule is COc1cc(OC)nc(NC(=O)c2cc(F)cnc2N)n1. The van der Waals surface area contributed by atoms with Gasteiger partial charge in [-0.2, -0.15) is 9.97 Å². The molecule has 0 aromatic carbocycles. The zero-order chi connectivity index (χ0) is 15.4. The van der Waals surface area contributed by atoms with Crippen molar-refractivity contribution in [3.63, 3.8) is 0 Å². The lowest BCUT2D eigenvalue weighted by atomic mass is 10.2. The van der Waals surface area contributed by atoms with E-state index in [1.807, 2.05) is 0 Å². The van der Waals surface area contributed by atoms with Gasteiger partial charge in [-0.15, -0.1) is 0 Å². The average molecular weight is 293 g/mol. The smallest absolute Gasteiger partial charge is 0.261 e. The Morgan fingerprint density at radius 2 is 1.86 bits per heavy atom. The molecule has 8 nitrogen and oxygen atoms in total. The number of hydrogen-bond acceptors (Lipinski definition) is 7. The minimum Gasteiger partial charge on any atom is -0.481 e. The lowest BCUT2D eigenvalue weighted by Gasteiger charge is -2.08. The number of carbonyl (C=O) groups is 1. The third-order valence-corrected chi connectivity index (χ3v) is 2.45. The van der Waals surface area contributed by atoms with Crippen LogP contribution in [0, 0.1) is 5.82 Å². The Morgan fingerprint density at radius 3 is 2.43 bits per heavy atom. The quantitative estimate of drug-likeness (QED) is 0.859. The lowest BCUT2D eigenvalue weighted by Crippen LogP contribution is -2.17. The predicted octanol–water partition coefficient (Wildman–Crippen LogP) is 0.862. The number of aromatic nitrogens is 3.